The van der Waals surface area contributed by atoms with Crippen molar-refractivity contribution in [1.82, 2.24) is 4.68 Å². The van der Waals surface area contributed by atoms with E-state index in [2.05, 4.69) is 82.2 Å². The molecule has 2 heterocycles. The van der Waals surface area contributed by atoms with E-state index in [0.29, 0.717) is 5.71 Å². The van der Waals surface area contributed by atoms with Crippen LogP contribution in [0.5, 0.6) is 0 Å². The number of thiophene rings is 1. The van der Waals surface area contributed by atoms with Crippen LogP contribution in [0.25, 0.3) is 48.4 Å². The first-order valence-corrected chi connectivity index (χ1v) is 13.2. The summed E-state index contributed by atoms with van der Waals surface area (Å²) in [5.41, 5.74) is 9.24. The highest BCUT2D eigenvalue weighted by atomic mass is 32.1. The highest BCUT2D eigenvalue weighted by Gasteiger charge is 2.19. The summed E-state index contributed by atoms with van der Waals surface area (Å²) in [7, 11) is 0. The van der Waals surface area contributed by atoms with Crippen LogP contribution >= 0.6 is 11.3 Å². The molecule has 0 unspecified atom stereocenters. The number of nitrogens with one attached hydrogen (secondary N) is 2. The first kappa shape index (κ1) is 21.6. The molecule has 0 aliphatic rings. The lowest BCUT2D eigenvalue weighted by Crippen LogP contribution is -2.14. The maximum Gasteiger partial charge on any atom is 0.0803 e. The van der Waals surface area contributed by atoms with Crippen LogP contribution in [-0.2, 0) is 0 Å². The van der Waals surface area contributed by atoms with E-state index in [1.54, 1.807) is 11.3 Å². The van der Waals surface area contributed by atoms with Crippen molar-refractivity contribution in [3.63, 3.8) is 0 Å². The quantitative estimate of drug-likeness (QED) is 0.231. The normalized spacial score (nSPS) is 12.1. The number of para-hydroxylation sites is 1. The van der Waals surface area contributed by atoms with Crippen molar-refractivity contribution in [3.05, 3.63) is 138 Å². The first-order chi connectivity index (χ1) is 18.3. The summed E-state index contributed by atoms with van der Waals surface area (Å²) >= 11 is 1.78. The van der Waals surface area contributed by atoms with E-state index < -0.39 is 0 Å². The summed E-state index contributed by atoms with van der Waals surface area (Å²) in [6.45, 7) is 0. The molecule has 0 saturated carbocycles. The van der Waals surface area contributed by atoms with Gasteiger partial charge in [0, 0.05) is 26.2 Å². The van der Waals surface area contributed by atoms with Gasteiger partial charge in [-0.2, -0.15) is 0 Å². The molecule has 0 atom stereocenters. The lowest BCUT2D eigenvalue weighted by molar-refractivity contribution is 1.07. The van der Waals surface area contributed by atoms with Gasteiger partial charge in [-0.25, -0.2) is 0 Å². The SMILES string of the molecule is N=C(/C=C(\Nn1c2ccccc2c2c3ccccc3c3sccc3c21)c1ccccc1)c1ccccc1. The van der Waals surface area contributed by atoms with Gasteiger partial charge in [0.2, 0.25) is 0 Å². The van der Waals surface area contributed by atoms with Crippen molar-refractivity contribution in [2.75, 3.05) is 5.43 Å². The predicted octanol–water partition coefficient (Wildman–Crippen LogP) is 8.82. The maximum absolute atomic E-state index is 8.85. The second-order valence-corrected chi connectivity index (χ2v) is 10.0. The zero-order chi connectivity index (χ0) is 24.8. The molecule has 7 aromatic rings. The Hall–Kier alpha value is -4.67. The van der Waals surface area contributed by atoms with E-state index in [0.717, 1.165) is 27.9 Å². The third kappa shape index (κ3) is 3.53. The Morgan fingerprint density at radius 1 is 0.649 bits per heavy atom. The number of fused-ring (bicyclic) bond motifs is 8. The average Bonchev–Trinajstić information content (AvgIpc) is 3.57. The van der Waals surface area contributed by atoms with E-state index in [1.807, 2.05) is 54.6 Å². The van der Waals surface area contributed by atoms with Gasteiger partial charge in [0.15, 0.2) is 0 Å². The maximum atomic E-state index is 8.85. The van der Waals surface area contributed by atoms with Crippen LogP contribution in [0, 0.1) is 5.41 Å². The van der Waals surface area contributed by atoms with Crippen molar-refractivity contribution in [2.45, 2.75) is 0 Å². The number of aromatic nitrogens is 1. The van der Waals surface area contributed by atoms with E-state index in [4.69, 9.17) is 5.41 Å². The van der Waals surface area contributed by atoms with E-state index in [-0.39, 0.29) is 0 Å². The van der Waals surface area contributed by atoms with E-state index >= 15 is 0 Å². The molecule has 0 radical (unpaired) electrons. The molecule has 176 valence electrons. The van der Waals surface area contributed by atoms with Gasteiger partial charge in [0.05, 0.1) is 22.4 Å². The van der Waals surface area contributed by atoms with Crippen LogP contribution in [-0.4, -0.2) is 10.4 Å². The van der Waals surface area contributed by atoms with Crippen molar-refractivity contribution >= 4 is 65.4 Å². The summed E-state index contributed by atoms with van der Waals surface area (Å²) in [5.74, 6) is 0. The standard InChI is InChI=1S/C33H23N3S/c34-28(22-11-3-1-4-12-22)21-29(23-13-5-2-6-14-23)35-36-30-18-10-9-17-26(30)31-24-15-7-8-16-25(24)33-27(32(31)36)19-20-37-33/h1-21,34-35H/b29-21-,34-28?. The molecule has 0 aliphatic carbocycles. The third-order valence-electron chi connectivity index (χ3n) is 6.93. The molecule has 0 bridgehead atoms. The molecular weight excluding hydrogens is 470 g/mol. The number of allylic oxidation sites excluding steroid dienone is 1. The van der Waals surface area contributed by atoms with Crippen LogP contribution in [0.2, 0.25) is 0 Å². The smallest absolute Gasteiger partial charge is 0.0803 e. The lowest BCUT2D eigenvalue weighted by atomic mass is 10.0. The van der Waals surface area contributed by atoms with Crippen molar-refractivity contribution < 1.29 is 0 Å². The zero-order valence-electron chi connectivity index (χ0n) is 20.0. The monoisotopic (exact) mass is 493 g/mol. The molecule has 0 aliphatic heterocycles. The second-order valence-electron chi connectivity index (χ2n) is 9.10. The van der Waals surface area contributed by atoms with Crippen molar-refractivity contribution in [2.24, 2.45) is 0 Å². The highest BCUT2D eigenvalue weighted by Crippen LogP contribution is 2.42. The Labute approximate surface area is 218 Å². The van der Waals surface area contributed by atoms with Crippen LogP contribution in [0.1, 0.15) is 11.1 Å². The fraction of sp³-hybridized carbons (Fsp3) is 0. The van der Waals surface area contributed by atoms with Gasteiger partial charge in [0.1, 0.15) is 0 Å². The topological polar surface area (TPSA) is 40.8 Å². The Kier molecular flexibility index (Phi) is 5.12. The van der Waals surface area contributed by atoms with E-state index in [9.17, 15) is 0 Å². The van der Waals surface area contributed by atoms with Gasteiger partial charge in [-0.15, -0.1) is 11.3 Å². The van der Waals surface area contributed by atoms with Crippen LogP contribution in [0.3, 0.4) is 0 Å². The van der Waals surface area contributed by atoms with Gasteiger partial charge < -0.3 is 5.41 Å². The van der Waals surface area contributed by atoms with Crippen LogP contribution in [0.4, 0.5) is 0 Å². The van der Waals surface area contributed by atoms with Gasteiger partial charge in [-0.3, -0.25) is 10.1 Å². The molecule has 4 heteroatoms. The molecule has 0 fully saturated rings. The summed E-state index contributed by atoms with van der Waals surface area (Å²) in [6, 6.07) is 39.6. The Morgan fingerprint density at radius 2 is 1.27 bits per heavy atom. The number of nitrogens with zero attached hydrogens (tertiary/aromatic N) is 1. The summed E-state index contributed by atoms with van der Waals surface area (Å²) < 4.78 is 3.50. The molecule has 0 saturated heterocycles. The second kappa shape index (κ2) is 8.77. The zero-order valence-corrected chi connectivity index (χ0v) is 20.8. The van der Waals surface area contributed by atoms with Gasteiger partial charge in [0.25, 0.3) is 0 Å². The summed E-state index contributed by atoms with van der Waals surface area (Å²) in [5, 5.41) is 17.3. The van der Waals surface area contributed by atoms with Crippen LogP contribution < -0.4 is 5.43 Å². The molecule has 2 N–H and O–H groups in total. The number of hydrogen-bond acceptors (Lipinski definition) is 3. The Morgan fingerprint density at radius 3 is 2.03 bits per heavy atom. The number of benzene rings is 5. The van der Waals surface area contributed by atoms with Gasteiger partial charge >= 0.3 is 0 Å². The van der Waals surface area contributed by atoms with Gasteiger partial charge in [-0.1, -0.05) is 103 Å². The molecule has 0 amide bonds. The molecule has 3 nitrogen and oxygen atoms in total. The number of rotatable bonds is 5. The fourth-order valence-electron chi connectivity index (χ4n) is 5.25. The highest BCUT2D eigenvalue weighted by molar-refractivity contribution is 7.18. The van der Waals surface area contributed by atoms with Crippen molar-refractivity contribution in [1.29, 1.82) is 5.41 Å². The largest absolute Gasteiger partial charge is 0.300 e. The summed E-state index contributed by atoms with van der Waals surface area (Å²) in [6.07, 6.45) is 1.93. The Balaban J connectivity index is 1.53. The van der Waals surface area contributed by atoms with Gasteiger partial charge in [-0.05, 0) is 40.1 Å². The Bertz CT molecular complexity index is 1960. The minimum absolute atomic E-state index is 0.457. The molecule has 2 aromatic heterocycles. The molecule has 7 rings (SSSR count). The average molecular weight is 494 g/mol. The minimum atomic E-state index is 0.457. The predicted molar refractivity (Wildman–Crippen MR) is 159 cm³/mol. The lowest BCUT2D eigenvalue weighted by Gasteiger charge is -2.16. The molecule has 37 heavy (non-hydrogen) atoms. The first-order valence-electron chi connectivity index (χ1n) is 12.3. The number of hydrogen-bond donors (Lipinski definition) is 2. The summed E-state index contributed by atoms with van der Waals surface area (Å²) in [4.78, 5) is 0. The molecular formula is C33H23N3S. The fourth-order valence-corrected chi connectivity index (χ4v) is 6.19. The third-order valence-corrected chi connectivity index (χ3v) is 7.87. The minimum Gasteiger partial charge on any atom is -0.300 e. The molecule has 0 spiro atoms. The van der Waals surface area contributed by atoms with E-state index in [1.165, 1.54) is 31.6 Å². The van der Waals surface area contributed by atoms with Crippen LogP contribution in [0.15, 0.2) is 127 Å². The van der Waals surface area contributed by atoms with Crippen molar-refractivity contribution in [3.8, 4) is 0 Å². The molecule has 5 aromatic carbocycles.